The minimum absolute atomic E-state index is 0.273. The first kappa shape index (κ1) is 14.1. The highest BCUT2D eigenvalue weighted by atomic mass is 79.9. The Morgan fingerprint density at radius 2 is 1.95 bits per heavy atom. The standard InChI is InChI=1S/C17H17BrClN/c1-11(14-8-7-13(18)9-16(14)19)20-17-10-15(17)12-5-3-2-4-6-12/h2-9,11,15,17,20H,10H2,1H3. The maximum absolute atomic E-state index is 6.31. The van der Waals surface area contributed by atoms with Crippen LogP contribution in [-0.4, -0.2) is 6.04 Å². The number of halogens is 2. The van der Waals surface area contributed by atoms with E-state index in [1.165, 1.54) is 12.0 Å². The summed E-state index contributed by atoms with van der Waals surface area (Å²) >= 11 is 9.76. The van der Waals surface area contributed by atoms with Crippen LogP contribution in [0.3, 0.4) is 0 Å². The molecule has 104 valence electrons. The molecule has 3 heteroatoms. The van der Waals surface area contributed by atoms with Gasteiger partial charge in [-0.1, -0.05) is 63.9 Å². The molecule has 0 aliphatic heterocycles. The molecule has 0 aromatic heterocycles. The molecular weight excluding hydrogens is 334 g/mol. The van der Waals surface area contributed by atoms with Gasteiger partial charge in [-0.2, -0.15) is 0 Å². The van der Waals surface area contributed by atoms with Crippen molar-refractivity contribution in [3.05, 3.63) is 69.2 Å². The number of benzene rings is 2. The van der Waals surface area contributed by atoms with Crippen molar-refractivity contribution in [3.8, 4) is 0 Å². The van der Waals surface area contributed by atoms with Gasteiger partial charge in [-0.25, -0.2) is 0 Å². The Hall–Kier alpha value is -0.830. The topological polar surface area (TPSA) is 12.0 Å². The second-order valence-electron chi connectivity index (χ2n) is 5.41. The third kappa shape index (κ3) is 3.08. The molecule has 0 radical (unpaired) electrons. The van der Waals surface area contributed by atoms with Crippen LogP contribution in [-0.2, 0) is 0 Å². The average molecular weight is 351 g/mol. The number of nitrogens with one attached hydrogen (secondary N) is 1. The van der Waals surface area contributed by atoms with Crippen LogP contribution in [0, 0.1) is 0 Å². The molecule has 20 heavy (non-hydrogen) atoms. The maximum atomic E-state index is 6.31. The SMILES string of the molecule is CC(NC1CC1c1ccccc1)c1ccc(Br)cc1Cl. The fraction of sp³-hybridized carbons (Fsp3) is 0.294. The second kappa shape index (κ2) is 5.88. The molecule has 1 fully saturated rings. The van der Waals surface area contributed by atoms with Crippen LogP contribution in [0.4, 0.5) is 0 Å². The van der Waals surface area contributed by atoms with Gasteiger partial charge in [0.15, 0.2) is 0 Å². The Morgan fingerprint density at radius 3 is 2.65 bits per heavy atom. The predicted octanol–water partition coefficient (Wildman–Crippen LogP) is 5.31. The Labute approximate surface area is 133 Å². The van der Waals surface area contributed by atoms with Gasteiger partial charge in [0, 0.05) is 27.5 Å². The van der Waals surface area contributed by atoms with Gasteiger partial charge in [-0.3, -0.25) is 0 Å². The van der Waals surface area contributed by atoms with Crippen LogP contribution in [0.2, 0.25) is 5.02 Å². The van der Waals surface area contributed by atoms with E-state index in [1.807, 2.05) is 12.1 Å². The van der Waals surface area contributed by atoms with Crippen molar-refractivity contribution >= 4 is 27.5 Å². The second-order valence-corrected chi connectivity index (χ2v) is 6.74. The lowest BCUT2D eigenvalue weighted by Gasteiger charge is -2.16. The molecule has 1 saturated carbocycles. The monoisotopic (exact) mass is 349 g/mol. The zero-order valence-electron chi connectivity index (χ0n) is 11.3. The summed E-state index contributed by atoms with van der Waals surface area (Å²) in [5, 5.41) is 4.50. The van der Waals surface area contributed by atoms with Crippen molar-refractivity contribution in [3.63, 3.8) is 0 Å². The Bertz CT molecular complexity index is 599. The van der Waals surface area contributed by atoms with Crippen molar-refractivity contribution in [1.82, 2.24) is 5.32 Å². The van der Waals surface area contributed by atoms with E-state index in [0.29, 0.717) is 12.0 Å². The minimum Gasteiger partial charge on any atom is -0.307 e. The molecule has 0 amide bonds. The molecule has 3 rings (SSSR count). The van der Waals surface area contributed by atoms with Gasteiger partial charge < -0.3 is 5.32 Å². The molecule has 2 aromatic rings. The third-order valence-electron chi connectivity index (χ3n) is 3.91. The van der Waals surface area contributed by atoms with E-state index < -0.39 is 0 Å². The Balaban J connectivity index is 1.65. The molecule has 0 spiro atoms. The van der Waals surface area contributed by atoms with E-state index in [2.05, 4.69) is 64.6 Å². The first-order chi connectivity index (χ1) is 9.65. The molecular formula is C17H17BrClN. The molecule has 0 heterocycles. The van der Waals surface area contributed by atoms with E-state index in [1.54, 1.807) is 0 Å². The zero-order valence-corrected chi connectivity index (χ0v) is 13.7. The summed E-state index contributed by atoms with van der Waals surface area (Å²) in [7, 11) is 0. The van der Waals surface area contributed by atoms with Crippen molar-refractivity contribution in [2.24, 2.45) is 0 Å². The molecule has 1 aliphatic rings. The Morgan fingerprint density at radius 1 is 1.20 bits per heavy atom. The van der Waals surface area contributed by atoms with Gasteiger partial charge in [0.05, 0.1) is 0 Å². The van der Waals surface area contributed by atoms with Gasteiger partial charge in [-0.05, 0) is 36.6 Å². The summed E-state index contributed by atoms with van der Waals surface area (Å²) in [4.78, 5) is 0. The molecule has 2 aromatic carbocycles. The molecule has 3 unspecified atom stereocenters. The smallest absolute Gasteiger partial charge is 0.0464 e. The summed E-state index contributed by atoms with van der Waals surface area (Å²) in [5.41, 5.74) is 2.59. The fourth-order valence-corrected chi connectivity index (χ4v) is 3.55. The van der Waals surface area contributed by atoms with Crippen molar-refractivity contribution < 1.29 is 0 Å². The van der Waals surface area contributed by atoms with E-state index in [-0.39, 0.29) is 6.04 Å². The predicted molar refractivity (Wildman–Crippen MR) is 88.3 cm³/mol. The molecule has 1 nitrogen and oxygen atoms in total. The van der Waals surface area contributed by atoms with Gasteiger partial charge >= 0.3 is 0 Å². The number of rotatable bonds is 4. The molecule has 1 aliphatic carbocycles. The van der Waals surface area contributed by atoms with Crippen molar-refractivity contribution in [2.75, 3.05) is 0 Å². The Kier molecular flexibility index (Phi) is 4.16. The summed E-state index contributed by atoms with van der Waals surface area (Å²) in [5.74, 6) is 0.646. The molecule has 0 bridgehead atoms. The van der Waals surface area contributed by atoms with E-state index in [9.17, 15) is 0 Å². The lowest BCUT2D eigenvalue weighted by Crippen LogP contribution is -2.22. The highest BCUT2D eigenvalue weighted by Gasteiger charge is 2.38. The first-order valence-corrected chi connectivity index (χ1v) is 8.08. The summed E-state index contributed by atoms with van der Waals surface area (Å²) in [6.07, 6.45) is 1.21. The highest BCUT2D eigenvalue weighted by Crippen LogP contribution is 2.42. The van der Waals surface area contributed by atoms with Gasteiger partial charge in [0.2, 0.25) is 0 Å². The van der Waals surface area contributed by atoms with Crippen LogP contribution in [0.5, 0.6) is 0 Å². The maximum Gasteiger partial charge on any atom is 0.0464 e. The summed E-state index contributed by atoms with van der Waals surface area (Å²) in [6.45, 7) is 2.18. The van der Waals surface area contributed by atoms with Gasteiger partial charge in [-0.15, -0.1) is 0 Å². The van der Waals surface area contributed by atoms with Crippen LogP contribution in [0.25, 0.3) is 0 Å². The van der Waals surface area contributed by atoms with Crippen LogP contribution in [0.1, 0.15) is 36.4 Å². The van der Waals surface area contributed by atoms with Crippen LogP contribution >= 0.6 is 27.5 Å². The van der Waals surface area contributed by atoms with E-state index in [0.717, 1.165) is 15.1 Å². The minimum atomic E-state index is 0.273. The fourth-order valence-electron chi connectivity index (χ4n) is 2.71. The van der Waals surface area contributed by atoms with E-state index >= 15 is 0 Å². The van der Waals surface area contributed by atoms with Gasteiger partial charge in [0.1, 0.15) is 0 Å². The summed E-state index contributed by atoms with van der Waals surface area (Å²) in [6, 6.07) is 17.6. The number of hydrogen-bond donors (Lipinski definition) is 1. The van der Waals surface area contributed by atoms with Crippen molar-refractivity contribution in [2.45, 2.75) is 31.3 Å². The zero-order chi connectivity index (χ0) is 14.1. The average Bonchev–Trinajstić information content (AvgIpc) is 3.18. The highest BCUT2D eigenvalue weighted by molar-refractivity contribution is 9.10. The largest absolute Gasteiger partial charge is 0.307 e. The first-order valence-electron chi connectivity index (χ1n) is 6.91. The lowest BCUT2D eigenvalue weighted by atomic mass is 10.1. The lowest BCUT2D eigenvalue weighted by molar-refractivity contribution is 0.563. The quantitative estimate of drug-likeness (QED) is 0.788. The molecule has 1 N–H and O–H groups in total. The third-order valence-corrected chi connectivity index (χ3v) is 4.73. The number of hydrogen-bond acceptors (Lipinski definition) is 1. The van der Waals surface area contributed by atoms with Crippen molar-refractivity contribution in [1.29, 1.82) is 0 Å². The van der Waals surface area contributed by atoms with E-state index in [4.69, 9.17) is 11.6 Å². The van der Waals surface area contributed by atoms with Crippen LogP contribution in [0.15, 0.2) is 53.0 Å². The van der Waals surface area contributed by atoms with Crippen LogP contribution < -0.4 is 5.32 Å². The normalized spacial score (nSPS) is 22.6. The molecule has 3 atom stereocenters. The summed E-state index contributed by atoms with van der Waals surface area (Å²) < 4.78 is 1.02. The van der Waals surface area contributed by atoms with Gasteiger partial charge in [0.25, 0.3) is 0 Å². The molecule has 0 saturated heterocycles.